The van der Waals surface area contributed by atoms with Gasteiger partial charge in [-0.25, -0.2) is 0 Å². The molecule has 1 saturated heterocycles. The first-order valence-corrected chi connectivity index (χ1v) is 6.41. The SMILES string of the molecule is Clc1cccc(CSCC2CNC2)c1. The van der Waals surface area contributed by atoms with Crippen molar-refractivity contribution in [2.45, 2.75) is 5.75 Å². The van der Waals surface area contributed by atoms with E-state index in [1.54, 1.807) is 0 Å². The van der Waals surface area contributed by atoms with Gasteiger partial charge in [0.25, 0.3) is 0 Å². The Bertz CT molecular complexity index is 299. The van der Waals surface area contributed by atoms with Gasteiger partial charge in [-0.05, 0) is 42.5 Å². The number of hydrogen-bond acceptors (Lipinski definition) is 2. The lowest BCUT2D eigenvalue weighted by Crippen LogP contribution is -2.43. The van der Waals surface area contributed by atoms with Crippen LogP contribution in [-0.4, -0.2) is 18.8 Å². The Kier molecular flexibility index (Phi) is 3.74. The first-order valence-electron chi connectivity index (χ1n) is 4.87. The van der Waals surface area contributed by atoms with Crippen molar-refractivity contribution in [3.05, 3.63) is 34.9 Å². The Morgan fingerprint density at radius 1 is 1.43 bits per heavy atom. The molecule has 0 aliphatic carbocycles. The van der Waals surface area contributed by atoms with Crippen LogP contribution >= 0.6 is 23.4 Å². The molecule has 1 fully saturated rings. The van der Waals surface area contributed by atoms with E-state index in [1.807, 2.05) is 30.0 Å². The number of thioether (sulfide) groups is 1. The second-order valence-corrected chi connectivity index (χ2v) is 5.14. The molecule has 14 heavy (non-hydrogen) atoms. The van der Waals surface area contributed by atoms with Crippen molar-refractivity contribution >= 4 is 23.4 Å². The second-order valence-electron chi connectivity index (χ2n) is 3.67. The molecular weight excluding hydrogens is 214 g/mol. The van der Waals surface area contributed by atoms with Crippen molar-refractivity contribution in [3.8, 4) is 0 Å². The van der Waals surface area contributed by atoms with E-state index in [0.717, 1.165) is 16.7 Å². The molecule has 0 atom stereocenters. The quantitative estimate of drug-likeness (QED) is 0.849. The number of halogens is 1. The number of benzene rings is 1. The molecule has 0 aromatic heterocycles. The van der Waals surface area contributed by atoms with Crippen molar-refractivity contribution in [1.29, 1.82) is 0 Å². The van der Waals surface area contributed by atoms with E-state index in [-0.39, 0.29) is 0 Å². The number of hydrogen-bond donors (Lipinski definition) is 1. The summed E-state index contributed by atoms with van der Waals surface area (Å²) in [6.45, 7) is 2.39. The Balaban J connectivity index is 1.74. The number of rotatable bonds is 4. The van der Waals surface area contributed by atoms with Crippen LogP contribution in [-0.2, 0) is 5.75 Å². The van der Waals surface area contributed by atoms with Crippen LogP contribution in [0.3, 0.4) is 0 Å². The molecule has 0 unspecified atom stereocenters. The van der Waals surface area contributed by atoms with Crippen LogP contribution < -0.4 is 5.32 Å². The van der Waals surface area contributed by atoms with Crippen LogP contribution in [0.4, 0.5) is 0 Å². The van der Waals surface area contributed by atoms with E-state index in [2.05, 4.69) is 11.4 Å². The zero-order valence-corrected chi connectivity index (χ0v) is 9.57. The van der Waals surface area contributed by atoms with E-state index in [0.29, 0.717) is 0 Å². The van der Waals surface area contributed by atoms with Gasteiger partial charge in [0.2, 0.25) is 0 Å². The van der Waals surface area contributed by atoms with Gasteiger partial charge in [-0.2, -0.15) is 11.8 Å². The molecule has 0 saturated carbocycles. The molecule has 2 rings (SSSR count). The Labute approximate surface area is 94.2 Å². The second kappa shape index (κ2) is 5.06. The zero-order chi connectivity index (χ0) is 9.80. The van der Waals surface area contributed by atoms with E-state index >= 15 is 0 Å². The lowest BCUT2D eigenvalue weighted by atomic mass is 10.1. The van der Waals surface area contributed by atoms with Gasteiger partial charge in [-0.3, -0.25) is 0 Å². The fraction of sp³-hybridized carbons (Fsp3) is 0.455. The lowest BCUT2D eigenvalue weighted by Gasteiger charge is -2.26. The first kappa shape index (κ1) is 10.3. The van der Waals surface area contributed by atoms with E-state index in [1.165, 1.54) is 24.4 Å². The monoisotopic (exact) mass is 227 g/mol. The first-order chi connectivity index (χ1) is 6.84. The third-order valence-corrected chi connectivity index (χ3v) is 3.86. The highest BCUT2D eigenvalue weighted by molar-refractivity contribution is 7.98. The molecule has 3 heteroatoms. The topological polar surface area (TPSA) is 12.0 Å². The van der Waals surface area contributed by atoms with Crippen LogP contribution in [0.1, 0.15) is 5.56 Å². The van der Waals surface area contributed by atoms with Crippen LogP contribution in [0.15, 0.2) is 24.3 Å². The van der Waals surface area contributed by atoms with Gasteiger partial charge in [-0.1, -0.05) is 23.7 Å². The maximum absolute atomic E-state index is 5.91. The Hall–Kier alpha value is -0.180. The average molecular weight is 228 g/mol. The van der Waals surface area contributed by atoms with Crippen molar-refractivity contribution in [1.82, 2.24) is 5.32 Å². The normalized spacial score (nSPS) is 16.6. The summed E-state index contributed by atoms with van der Waals surface area (Å²) in [5, 5.41) is 4.13. The van der Waals surface area contributed by atoms with Crippen LogP contribution in [0.25, 0.3) is 0 Å². The van der Waals surface area contributed by atoms with Gasteiger partial charge in [0.15, 0.2) is 0 Å². The van der Waals surface area contributed by atoms with E-state index in [4.69, 9.17) is 11.6 Å². The molecule has 1 nitrogen and oxygen atoms in total. The van der Waals surface area contributed by atoms with Crippen molar-refractivity contribution in [3.63, 3.8) is 0 Å². The minimum atomic E-state index is 0.841. The van der Waals surface area contributed by atoms with Gasteiger partial charge in [-0.15, -0.1) is 0 Å². The van der Waals surface area contributed by atoms with Gasteiger partial charge in [0.05, 0.1) is 0 Å². The summed E-state index contributed by atoms with van der Waals surface area (Å²) in [4.78, 5) is 0. The molecule has 0 spiro atoms. The predicted octanol–water partition coefficient (Wildman–Crippen LogP) is 2.79. The van der Waals surface area contributed by atoms with Gasteiger partial charge >= 0.3 is 0 Å². The Morgan fingerprint density at radius 2 is 2.29 bits per heavy atom. The zero-order valence-electron chi connectivity index (χ0n) is 8.00. The minimum Gasteiger partial charge on any atom is -0.316 e. The van der Waals surface area contributed by atoms with Crippen LogP contribution in [0.2, 0.25) is 5.02 Å². The smallest absolute Gasteiger partial charge is 0.0409 e. The summed E-state index contributed by atoms with van der Waals surface area (Å²) in [6, 6.07) is 8.13. The number of nitrogens with one attached hydrogen (secondary N) is 1. The molecule has 1 N–H and O–H groups in total. The average Bonchev–Trinajstić information content (AvgIpc) is 2.09. The van der Waals surface area contributed by atoms with E-state index in [9.17, 15) is 0 Å². The molecule has 1 aromatic rings. The highest BCUT2D eigenvalue weighted by Gasteiger charge is 2.15. The summed E-state index contributed by atoms with van der Waals surface area (Å²) in [5.74, 6) is 3.23. The summed E-state index contributed by atoms with van der Waals surface area (Å²) in [6.07, 6.45) is 0. The molecule has 0 radical (unpaired) electrons. The largest absolute Gasteiger partial charge is 0.316 e. The minimum absolute atomic E-state index is 0.841. The van der Waals surface area contributed by atoms with Crippen LogP contribution in [0.5, 0.6) is 0 Å². The molecule has 1 aliphatic heterocycles. The lowest BCUT2D eigenvalue weighted by molar-refractivity contribution is 0.385. The third-order valence-electron chi connectivity index (χ3n) is 2.38. The molecule has 76 valence electrons. The predicted molar refractivity (Wildman–Crippen MR) is 64.0 cm³/mol. The van der Waals surface area contributed by atoms with Gasteiger partial charge < -0.3 is 5.32 Å². The highest BCUT2D eigenvalue weighted by Crippen LogP contribution is 2.19. The van der Waals surface area contributed by atoms with Crippen molar-refractivity contribution in [2.75, 3.05) is 18.8 Å². The van der Waals surface area contributed by atoms with Crippen molar-refractivity contribution in [2.24, 2.45) is 5.92 Å². The molecule has 1 heterocycles. The van der Waals surface area contributed by atoms with Crippen molar-refractivity contribution < 1.29 is 0 Å². The van der Waals surface area contributed by atoms with Gasteiger partial charge in [0, 0.05) is 10.8 Å². The Morgan fingerprint density at radius 3 is 2.93 bits per heavy atom. The highest BCUT2D eigenvalue weighted by atomic mass is 35.5. The molecule has 1 aliphatic rings. The molecule has 0 amide bonds. The summed E-state index contributed by atoms with van der Waals surface area (Å²) >= 11 is 7.91. The van der Waals surface area contributed by atoms with Gasteiger partial charge in [0.1, 0.15) is 0 Å². The maximum atomic E-state index is 5.91. The standard InChI is InChI=1S/C11H14ClNS/c12-11-3-1-2-9(4-11)7-14-8-10-5-13-6-10/h1-4,10,13H,5-8H2. The summed E-state index contributed by atoms with van der Waals surface area (Å²) in [5.41, 5.74) is 1.33. The summed E-state index contributed by atoms with van der Waals surface area (Å²) in [7, 11) is 0. The maximum Gasteiger partial charge on any atom is 0.0409 e. The molecule has 0 bridgehead atoms. The molecule has 1 aromatic carbocycles. The third kappa shape index (κ3) is 2.91. The van der Waals surface area contributed by atoms with E-state index < -0.39 is 0 Å². The fourth-order valence-electron chi connectivity index (χ4n) is 1.44. The summed E-state index contributed by atoms with van der Waals surface area (Å²) < 4.78 is 0. The molecular formula is C11H14ClNS. The van der Waals surface area contributed by atoms with Crippen LogP contribution in [0, 0.1) is 5.92 Å². The fourth-order valence-corrected chi connectivity index (χ4v) is 2.75.